The third-order valence-electron chi connectivity index (χ3n) is 3.55. The number of hydrogen-bond donors (Lipinski definition) is 2. The number of nitrogens with one attached hydrogen (secondary N) is 1. The van der Waals surface area contributed by atoms with Gasteiger partial charge in [0.2, 0.25) is 21.8 Å². The number of sulfonamides is 1. The summed E-state index contributed by atoms with van der Waals surface area (Å²) in [6, 6.07) is 12.4. The van der Waals surface area contributed by atoms with Crippen molar-refractivity contribution in [3.8, 4) is 0 Å². The maximum Gasteiger partial charge on any atom is 0.248 e. The van der Waals surface area contributed by atoms with Crippen LogP contribution in [-0.4, -0.2) is 38.1 Å². The first-order valence-electron chi connectivity index (χ1n) is 7.43. The molecule has 3 N–H and O–H groups in total. The average Bonchev–Trinajstić information content (AvgIpc) is 2.55. The molecule has 2 aromatic rings. The maximum atomic E-state index is 12.4. The highest BCUT2D eigenvalue weighted by Gasteiger charge is 2.22. The van der Waals surface area contributed by atoms with Gasteiger partial charge in [-0.25, -0.2) is 8.42 Å². The van der Waals surface area contributed by atoms with Crippen LogP contribution in [0.15, 0.2) is 53.4 Å². The highest BCUT2D eigenvalue weighted by molar-refractivity contribution is 7.89. The van der Waals surface area contributed by atoms with Crippen LogP contribution in [0.5, 0.6) is 0 Å². The molecule has 0 aliphatic heterocycles. The molecule has 7 nitrogen and oxygen atoms in total. The van der Waals surface area contributed by atoms with E-state index in [1.807, 2.05) is 6.92 Å². The van der Waals surface area contributed by atoms with Gasteiger partial charge in [0.25, 0.3) is 0 Å². The molecule has 2 amide bonds. The van der Waals surface area contributed by atoms with Gasteiger partial charge in [-0.05, 0) is 43.3 Å². The first kappa shape index (κ1) is 18.6. The van der Waals surface area contributed by atoms with E-state index in [0.717, 1.165) is 9.87 Å². The average molecular weight is 361 g/mol. The lowest BCUT2D eigenvalue weighted by molar-refractivity contribution is -0.116. The van der Waals surface area contributed by atoms with E-state index in [2.05, 4.69) is 5.32 Å². The first-order chi connectivity index (χ1) is 11.7. The zero-order valence-corrected chi connectivity index (χ0v) is 14.7. The van der Waals surface area contributed by atoms with Gasteiger partial charge in [0.1, 0.15) is 0 Å². The number of nitrogens with zero attached hydrogens (tertiary/aromatic N) is 1. The summed E-state index contributed by atoms with van der Waals surface area (Å²) in [5.41, 5.74) is 6.84. The quantitative estimate of drug-likeness (QED) is 0.809. The van der Waals surface area contributed by atoms with Crippen LogP contribution < -0.4 is 11.1 Å². The van der Waals surface area contributed by atoms with Crippen LogP contribution in [-0.2, 0) is 14.8 Å². The lowest BCUT2D eigenvalue weighted by Gasteiger charge is -2.17. The molecule has 0 aliphatic carbocycles. The van der Waals surface area contributed by atoms with Crippen molar-refractivity contribution in [3.05, 3.63) is 59.7 Å². The van der Waals surface area contributed by atoms with Crippen LogP contribution in [0.4, 0.5) is 5.69 Å². The standard InChI is InChI=1S/C17H19N3O4S/c1-12-3-9-15(10-4-12)25(23,24)20(2)11-16(21)19-14-7-5-13(6-8-14)17(18)22/h3-10H,11H2,1-2H3,(H2,18,22)(H,19,21). The number of aryl methyl sites for hydroxylation is 1. The smallest absolute Gasteiger partial charge is 0.248 e. The Morgan fingerprint density at radius 3 is 2.12 bits per heavy atom. The van der Waals surface area contributed by atoms with E-state index in [1.54, 1.807) is 12.1 Å². The van der Waals surface area contributed by atoms with E-state index in [4.69, 9.17) is 5.73 Å². The maximum absolute atomic E-state index is 12.4. The van der Waals surface area contributed by atoms with Crippen molar-refractivity contribution in [2.45, 2.75) is 11.8 Å². The summed E-state index contributed by atoms with van der Waals surface area (Å²) in [6.45, 7) is 1.52. The van der Waals surface area contributed by atoms with Crippen molar-refractivity contribution in [3.63, 3.8) is 0 Å². The number of amides is 2. The number of nitrogens with two attached hydrogens (primary N) is 1. The molecular formula is C17H19N3O4S. The molecule has 132 valence electrons. The zero-order chi connectivity index (χ0) is 18.6. The second-order valence-corrected chi connectivity index (χ2v) is 7.61. The van der Waals surface area contributed by atoms with Crippen molar-refractivity contribution < 1.29 is 18.0 Å². The van der Waals surface area contributed by atoms with Crippen molar-refractivity contribution >= 4 is 27.5 Å². The van der Waals surface area contributed by atoms with Gasteiger partial charge in [0, 0.05) is 18.3 Å². The lowest BCUT2D eigenvalue weighted by atomic mass is 10.2. The molecular weight excluding hydrogens is 342 g/mol. The van der Waals surface area contributed by atoms with E-state index in [0.29, 0.717) is 11.3 Å². The number of carbonyl (C=O) groups is 2. The zero-order valence-electron chi connectivity index (χ0n) is 13.9. The molecule has 0 spiro atoms. The Hall–Kier alpha value is -2.71. The second-order valence-electron chi connectivity index (χ2n) is 5.56. The van der Waals surface area contributed by atoms with Crippen molar-refractivity contribution in [1.29, 1.82) is 0 Å². The topological polar surface area (TPSA) is 110 Å². The Kier molecular flexibility index (Phi) is 5.55. The van der Waals surface area contributed by atoms with E-state index in [1.165, 1.54) is 43.4 Å². The minimum Gasteiger partial charge on any atom is -0.366 e. The fourth-order valence-corrected chi connectivity index (χ4v) is 3.22. The number of anilines is 1. The number of benzene rings is 2. The summed E-state index contributed by atoms with van der Waals surface area (Å²) in [7, 11) is -2.41. The molecule has 0 unspecified atom stereocenters. The molecule has 0 atom stereocenters. The minimum absolute atomic E-state index is 0.124. The Bertz CT molecular complexity index is 875. The van der Waals surface area contributed by atoms with Gasteiger partial charge in [-0.15, -0.1) is 0 Å². The Morgan fingerprint density at radius 2 is 1.60 bits per heavy atom. The van der Waals surface area contributed by atoms with Crippen LogP contribution in [0.3, 0.4) is 0 Å². The van der Waals surface area contributed by atoms with Crippen molar-refractivity contribution in [2.75, 3.05) is 18.9 Å². The van der Waals surface area contributed by atoms with Crippen LogP contribution in [0.25, 0.3) is 0 Å². The predicted molar refractivity (Wildman–Crippen MR) is 94.6 cm³/mol. The molecule has 0 aliphatic rings. The number of likely N-dealkylation sites (N-methyl/N-ethyl adjacent to an activating group) is 1. The van der Waals surface area contributed by atoms with Crippen LogP contribution in [0.2, 0.25) is 0 Å². The first-order valence-corrected chi connectivity index (χ1v) is 8.87. The molecule has 0 fully saturated rings. The highest BCUT2D eigenvalue weighted by atomic mass is 32.2. The molecule has 0 aromatic heterocycles. The third-order valence-corrected chi connectivity index (χ3v) is 5.37. The van der Waals surface area contributed by atoms with Crippen molar-refractivity contribution in [1.82, 2.24) is 4.31 Å². The predicted octanol–water partition coefficient (Wildman–Crippen LogP) is 1.35. The van der Waals surface area contributed by atoms with Crippen LogP contribution in [0.1, 0.15) is 15.9 Å². The van der Waals surface area contributed by atoms with E-state index >= 15 is 0 Å². The van der Waals surface area contributed by atoms with Gasteiger partial charge in [0.05, 0.1) is 11.4 Å². The van der Waals surface area contributed by atoms with Gasteiger partial charge in [-0.2, -0.15) is 4.31 Å². The van der Waals surface area contributed by atoms with Gasteiger partial charge in [0.15, 0.2) is 0 Å². The largest absolute Gasteiger partial charge is 0.366 e. The third kappa shape index (κ3) is 4.65. The molecule has 25 heavy (non-hydrogen) atoms. The summed E-state index contributed by atoms with van der Waals surface area (Å²) in [6.07, 6.45) is 0. The molecule has 2 rings (SSSR count). The monoisotopic (exact) mass is 361 g/mol. The second kappa shape index (κ2) is 7.45. The summed E-state index contributed by atoms with van der Waals surface area (Å²) >= 11 is 0. The van der Waals surface area contributed by atoms with Crippen LogP contribution in [0, 0.1) is 6.92 Å². The van der Waals surface area contributed by atoms with E-state index < -0.39 is 21.8 Å². The summed E-state index contributed by atoms with van der Waals surface area (Å²) < 4.78 is 25.9. The Morgan fingerprint density at radius 1 is 1.04 bits per heavy atom. The number of rotatable bonds is 6. The van der Waals surface area contributed by atoms with Gasteiger partial charge >= 0.3 is 0 Å². The molecule has 2 aromatic carbocycles. The molecule has 0 bridgehead atoms. The Balaban J connectivity index is 2.04. The van der Waals surface area contributed by atoms with E-state index in [-0.39, 0.29) is 11.4 Å². The minimum atomic E-state index is -3.75. The summed E-state index contributed by atoms with van der Waals surface area (Å²) in [5.74, 6) is -1.06. The fourth-order valence-electron chi connectivity index (χ4n) is 2.10. The molecule has 0 saturated carbocycles. The lowest BCUT2D eigenvalue weighted by Crippen LogP contribution is -2.34. The molecule has 0 heterocycles. The SMILES string of the molecule is Cc1ccc(S(=O)(=O)N(C)CC(=O)Nc2ccc(C(N)=O)cc2)cc1. The van der Waals surface area contributed by atoms with Gasteiger partial charge < -0.3 is 11.1 Å². The summed E-state index contributed by atoms with van der Waals surface area (Å²) in [4.78, 5) is 23.2. The van der Waals surface area contributed by atoms with Gasteiger partial charge in [-0.3, -0.25) is 9.59 Å². The normalized spacial score (nSPS) is 11.3. The van der Waals surface area contributed by atoms with E-state index in [9.17, 15) is 18.0 Å². The van der Waals surface area contributed by atoms with Crippen LogP contribution >= 0.6 is 0 Å². The number of carbonyl (C=O) groups excluding carboxylic acids is 2. The molecule has 8 heteroatoms. The molecule has 0 saturated heterocycles. The van der Waals surface area contributed by atoms with Crippen molar-refractivity contribution in [2.24, 2.45) is 5.73 Å². The number of hydrogen-bond acceptors (Lipinski definition) is 4. The molecule has 0 radical (unpaired) electrons. The fraction of sp³-hybridized carbons (Fsp3) is 0.176. The number of primary amides is 1. The highest BCUT2D eigenvalue weighted by Crippen LogP contribution is 2.15. The Labute approximate surface area is 146 Å². The summed E-state index contributed by atoms with van der Waals surface area (Å²) in [5, 5.41) is 2.57. The van der Waals surface area contributed by atoms with Gasteiger partial charge in [-0.1, -0.05) is 17.7 Å².